The number of carbonyl (C=O) groups excluding carboxylic acids is 1. The fourth-order valence-corrected chi connectivity index (χ4v) is 4.70. The highest BCUT2D eigenvalue weighted by atomic mass is 16.5. The van der Waals surface area contributed by atoms with E-state index in [1.807, 2.05) is 48.5 Å². The molecule has 2 unspecified atom stereocenters. The molecule has 3 N–H and O–H groups in total. The van der Waals surface area contributed by atoms with Crippen molar-refractivity contribution in [3.8, 4) is 5.69 Å². The van der Waals surface area contributed by atoms with Crippen LogP contribution in [0, 0.1) is 0 Å². The number of aliphatic hydroxyl groups excluding tert-OH is 1. The fraction of sp³-hybridized carbons (Fsp3) is 0.333. The van der Waals surface area contributed by atoms with Gasteiger partial charge in [-0.15, -0.1) is 0 Å². The highest BCUT2D eigenvalue weighted by Gasteiger charge is 2.39. The highest BCUT2D eigenvalue weighted by Crippen LogP contribution is 2.41. The number of nitrogens with one attached hydrogen (secondary N) is 2. The van der Waals surface area contributed by atoms with E-state index in [2.05, 4.69) is 35.6 Å². The minimum absolute atomic E-state index is 0.158. The lowest BCUT2D eigenvalue weighted by atomic mass is 9.70. The molecule has 160 valence electrons. The van der Waals surface area contributed by atoms with Crippen LogP contribution in [0.3, 0.4) is 0 Å². The van der Waals surface area contributed by atoms with Crippen LogP contribution >= 0.6 is 0 Å². The van der Waals surface area contributed by atoms with E-state index in [9.17, 15) is 9.90 Å². The van der Waals surface area contributed by atoms with Gasteiger partial charge >= 0.3 is 6.03 Å². The minimum atomic E-state index is -0.677. The van der Waals surface area contributed by atoms with Crippen molar-refractivity contribution in [1.29, 1.82) is 0 Å². The molecule has 0 bridgehead atoms. The van der Waals surface area contributed by atoms with Gasteiger partial charge in [0.15, 0.2) is 0 Å². The standard InChI is InChI=1S/C24H26N4O3/c1-24(2)12-20(29)21(16-10-6-7-11-18(16)24)25-23(30)26-22-17-13-31-14-19(17)27-28(22)15-8-4-3-5-9-15/h3-11,20-21,29H,12-14H2,1-2H3,(H2,25,26,30). The van der Waals surface area contributed by atoms with E-state index in [4.69, 9.17) is 4.74 Å². The van der Waals surface area contributed by atoms with E-state index in [-0.39, 0.29) is 11.4 Å². The van der Waals surface area contributed by atoms with Crippen molar-refractivity contribution in [3.05, 3.63) is 77.0 Å². The number of amides is 2. The zero-order valence-electron chi connectivity index (χ0n) is 17.6. The molecular weight excluding hydrogens is 392 g/mol. The number of anilines is 1. The molecule has 3 aromatic rings. The Morgan fingerprint density at radius 2 is 1.87 bits per heavy atom. The average molecular weight is 418 g/mol. The molecule has 0 spiro atoms. The first-order valence-corrected chi connectivity index (χ1v) is 10.5. The van der Waals surface area contributed by atoms with Gasteiger partial charge in [0.1, 0.15) is 5.82 Å². The summed E-state index contributed by atoms with van der Waals surface area (Å²) < 4.78 is 7.25. The first-order valence-electron chi connectivity index (χ1n) is 10.5. The number of para-hydroxylation sites is 1. The molecule has 7 heteroatoms. The Bertz CT molecular complexity index is 1120. The highest BCUT2D eigenvalue weighted by molar-refractivity contribution is 5.90. The van der Waals surface area contributed by atoms with Gasteiger partial charge in [-0.05, 0) is 35.1 Å². The maximum absolute atomic E-state index is 13.1. The average Bonchev–Trinajstić information content (AvgIpc) is 3.34. The summed E-state index contributed by atoms with van der Waals surface area (Å²) in [4.78, 5) is 13.1. The molecule has 5 rings (SSSR count). The van der Waals surface area contributed by atoms with E-state index < -0.39 is 12.1 Å². The maximum atomic E-state index is 13.1. The molecule has 1 aliphatic carbocycles. The summed E-state index contributed by atoms with van der Waals surface area (Å²) in [7, 11) is 0. The number of nitrogens with zero attached hydrogens (tertiary/aromatic N) is 2. The first kappa shape index (κ1) is 19.8. The molecule has 31 heavy (non-hydrogen) atoms. The van der Waals surface area contributed by atoms with Crippen LogP contribution in [-0.2, 0) is 23.4 Å². The van der Waals surface area contributed by atoms with Crippen LogP contribution in [0.2, 0.25) is 0 Å². The van der Waals surface area contributed by atoms with Crippen LogP contribution < -0.4 is 10.6 Å². The lowest BCUT2D eigenvalue weighted by Gasteiger charge is -2.40. The zero-order valence-corrected chi connectivity index (χ0v) is 17.6. The monoisotopic (exact) mass is 418 g/mol. The number of aliphatic hydroxyl groups is 1. The molecule has 0 radical (unpaired) electrons. The molecule has 2 aliphatic rings. The Hall–Kier alpha value is -3.16. The van der Waals surface area contributed by atoms with Gasteiger partial charge in [0.2, 0.25) is 0 Å². The summed E-state index contributed by atoms with van der Waals surface area (Å²) in [5, 5.41) is 21.4. The van der Waals surface area contributed by atoms with Crippen molar-refractivity contribution in [3.63, 3.8) is 0 Å². The minimum Gasteiger partial charge on any atom is -0.391 e. The molecule has 7 nitrogen and oxygen atoms in total. The Morgan fingerprint density at radius 1 is 1.13 bits per heavy atom. The van der Waals surface area contributed by atoms with Crippen LogP contribution in [0.5, 0.6) is 0 Å². The number of hydrogen-bond donors (Lipinski definition) is 3. The summed E-state index contributed by atoms with van der Waals surface area (Å²) in [6.07, 6.45) is -0.108. The third-order valence-electron chi connectivity index (χ3n) is 6.20. The smallest absolute Gasteiger partial charge is 0.320 e. The predicted octanol–water partition coefficient (Wildman–Crippen LogP) is 3.81. The zero-order chi connectivity index (χ0) is 21.6. The lowest BCUT2D eigenvalue weighted by Crippen LogP contribution is -2.45. The summed E-state index contributed by atoms with van der Waals surface area (Å²) >= 11 is 0. The van der Waals surface area contributed by atoms with Gasteiger partial charge in [0.05, 0.1) is 36.7 Å². The van der Waals surface area contributed by atoms with E-state index >= 15 is 0 Å². The SMILES string of the molecule is CC1(C)CC(O)C(NC(=O)Nc2c3c(nn2-c2ccccc2)COC3)c2ccccc21. The maximum Gasteiger partial charge on any atom is 0.320 e. The Kier molecular flexibility index (Phi) is 4.79. The third kappa shape index (κ3) is 3.49. The quantitative estimate of drug-likeness (QED) is 0.604. The van der Waals surface area contributed by atoms with E-state index in [0.29, 0.717) is 25.5 Å². The Balaban J connectivity index is 1.43. The summed E-state index contributed by atoms with van der Waals surface area (Å²) in [6.45, 7) is 5.07. The van der Waals surface area contributed by atoms with Crippen molar-refractivity contribution in [2.75, 3.05) is 5.32 Å². The van der Waals surface area contributed by atoms with Crippen molar-refractivity contribution in [1.82, 2.24) is 15.1 Å². The lowest BCUT2D eigenvalue weighted by molar-refractivity contribution is 0.0883. The van der Waals surface area contributed by atoms with Crippen molar-refractivity contribution >= 4 is 11.8 Å². The van der Waals surface area contributed by atoms with Crippen molar-refractivity contribution < 1.29 is 14.6 Å². The molecular formula is C24H26N4O3. The largest absolute Gasteiger partial charge is 0.391 e. The van der Waals surface area contributed by atoms with Crippen LogP contribution in [0.1, 0.15) is 48.7 Å². The van der Waals surface area contributed by atoms with Crippen molar-refractivity contribution in [2.45, 2.75) is 51.0 Å². The number of urea groups is 1. The van der Waals surface area contributed by atoms with Crippen molar-refractivity contribution in [2.24, 2.45) is 0 Å². The molecule has 1 aromatic heterocycles. The molecule has 0 saturated heterocycles. The van der Waals surface area contributed by atoms with Gasteiger partial charge in [-0.2, -0.15) is 5.10 Å². The molecule has 0 saturated carbocycles. The summed E-state index contributed by atoms with van der Waals surface area (Å²) in [6, 6.07) is 16.8. The topological polar surface area (TPSA) is 88.4 Å². The van der Waals surface area contributed by atoms with Crippen LogP contribution in [0.25, 0.3) is 5.69 Å². The van der Waals surface area contributed by atoms with Gasteiger partial charge in [0, 0.05) is 5.56 Å². The Labute approximate surface area is 181 Å². The molecule has 2 heterocycles. The number of aromatic nitrogens is 2. The number of ether oxygens (including phenoxy) is 1. The number of rotatable bonds is 3. The number of fused-ring (bicyclic) bond motifs is 2. The van der Waals surface area contributed by atoms with Gasteiger partial charge in [0.25, 0.3) is 0 Å². The summed E-state index contributed by atoms with van der Waals surface area (Å²) in [5.41, 5.74) is 4.50. The van der Waals surface area contributed by atoms with Gasteiger partial charge in [-0.3, -0.25) is 5.32 Å². The molecule has 2 amide bonds. The Morgan fingerprint density at radius 3 is 2.68 bits per heavy atom. The normalized spacial score (nSPS) is 21.3. The second-order valence-corrected chi connectivity index (χ2v) is 8.83. The molecule has 1 aliphatic heterocycles. The number of carbonyl (C=O) groups is 1. The fourth-order valence-electron chi connectivity index (χ4n) is 4.70. The van der Waals surface area contributed by atoms with E-state index in [0.717, 1.165) is 28.1 Å². The number of benzene rings is 2. The summed E-state index contributed by atoms with van der Waals surface area (Å²) in [5.74, 6) is 0.593. The van der Waals surface area contributed by atoms with E-state index in [1.165, 1.54) is 0 Å². The molecule has 2 aromatic carbocycles. The molecule has 2 atom stereocenters. The second kappa shape index (κ2) is 7.51. The van der Waals surface area contributed by atoms with Crippen LogP contribution in [-0.4, -0.2) is 27.0 Å². The van der Waals surface area contributed by atoms with Gasteiger partial charge in [-0.25, -0.2) is 9.48 Å². The van der Waals surface area contributed by atoms with Crippen LogP contribution in [0.4, 0.5) is 10.6 Å². The van der Waals surface area contributed by atoms with Crippen LogP contribution in [0.15, 0.2) is 54.6 Å². The van der Waals surface area contributed by atoms with Gasteiger partial charge < -0.3 is 15.2 Å². The van der Waals surface area contributed by atoms with E-state index in [1.54, 1.807) is 4.68 Å². The predicted molar refractivity (Wildman–Crippen MR) is 117 cm³/mol. The second-order valence-electron chi connectivity index (χ2n) is 8.83. The van der Waals surface area contributed by atoms with Gasteiger partial charge in [-0.1, -0.05) is 56.3 Å². The first-order chi connectivity index (χ1) is 14.9. The molecule has 0 fully saturated rings. The third-order valence-corrected chi connectivity index (χ3v) is 6.20. The number of hydrogen-bond acceptors (Lipinski definition) is 4.